The molecule has 0 spiro atoms. The summed E-state index contributed by atoms with van der Waals surface area (Å²) in [6.45, 7) is 1.80. The Balaban J connectivity index is 1.76. The van der Waals surface area contributed by atoms with E-state index in [0.717, 1.165) is 5.01 Å². The van der Waals surface area contributed by atoms with Crippen molar-refractivity contribution in [2.24, 2.45) is 0 Å². The number of thiazole rings is 1. The van der Waals surface area contributed by atoms with Crippen LogP contribution in [0.3, 0.4) is 0 Å². The van der Waals surface area contributed by atoms with Gasteiger partial charge in [0.25, 0.3) is 10.0 Å². The minimum Gasteiger partial charge on any atom is -0.422 e. The largest absolute Gasteiger partial charge is 0.422 e. The fourth-order valence-electron chi connectivity index (χ4n) is 2.23. The number of aromatic nitrogens is 1. The van der Waals surface area contributed by atoms with Gasteiger partial charge in [0.2, 0.25) is 0 Å². The summed E-state index contributed by atoms with van der Waals surface area (Å²) in [6.07, 6.45) is 0. The van der Waals surface area contributed by atoms with E-state index < -0.39 is 16.0 Å². The number of sulfonamides is 1. The van der Waals surface area contributed by atoms with Crippen LogP contribution in [0.15, 0.2) is 64.9 Å². The average Bonchev–Trinajstić information content (AvgIpc) is 3.09. The number of carbonyl (C=O) groups is 1. The molecule has 0 saturated carbocycles. The molecule has 26 heavy (non-hydrogen) atoms. The Morgan fingerprint density at radius 3 is 2.31 bits per heavy atom. The van der Waals surface area contributed by atoms with Crippen LogP contribution in [-0.4, -0.2) is 26.4 Å². The van der Waals surface area contributed by atoms with Crippen LogP contribution in [0.4, 0.5) is 5.69 Å². The lowest BCUT2D eigenvalue weighted by Gasteiger charge is -2.19. The summed E-state index contributed by atoms with van der Waals surface area (Å²) in [5.74, 6) is -0.234. The summed E-state index contributed by atoms with van der Waals surface area (Å²) in [7, 11) is -2.18. The lowest BCUT2D eigenvalue weighted by atomic mass is 10.3. The molecule has 0 aliphatic rings. The molecule has 0 aliphatic carbocycles. The summed E-state index contributed by atoms with van der Waals surface area (Å²) in [6, 6.07) is 14.4. The Morgan fingerprint density at radius 2 is 1.73 bits per heavy atom. The number of aryl methyl sites for hydroxylation is 1. The van der Waals surface area contributed by atoms with Crippen molar-refractivity contribution in [1.29, 1.82) is 0 Å². The van der Waals surface area contributed by atoms with Gasteiger partial charge in [0.15, 0.2) is 5.69 Å². The predicted molar refractivity (Wildman–Crippen MR) is 100 cm³/mol. The first-order chi connectivity index (χ1) is 12.4. The molecule has 0 fully saturated rings. The number of esters is 1. The molecule has 2 aromatic carbocycles. The predicted octanol–water partition coefficient (Wildman–Crippen LogP) is 3.50. The van der Waals surface area contributed by atoms with Crippen molar-refractivity contribution in [1.82, 2.24) is 4.98 Å². The topological polar surface area (TPSA) is 76.6 Å². The highest BCUT2D eigenvalue weighted by Gasteiger charge is 2.21. The van der Waals surface area contributed by atoms with Gasteiger partial charge in [-0.15, -0.1) is 11.3 Å². The number of anilines is 1. The minimum atomic E-state index is -3.65. The van der Waals surface area contributed by atoms with Crippen LogP contribution in [0.25, 0.3) is 0 Å². The molecule has 3 aromatic rings. The van der Waals surface area contributed by atoms with E-state index in [2.05, 4.69) is 4.98 Å². The van der Waals surface area contributed by atoms with Crippen molar-refractivity contribution in [3.8, 4) is 5.75 Å². The quantitative estimate of drug-likeness (QED) is 0.494. The van der Waals surface area contributed by atoms with E-state index in [9.17, 15) is 13.2 Å². The smallest absolute Gasteiger partial charge is 0.363 e. The molecule has 0 unspecified atom stereocenters. The molecule has 0 radical (unpaired) electrons. The van der Waals surface area contributed by atoms with Gasteiger partial charge in [-0.3, -0.25) is 4.31 Å². The number of ether oxygens (including phenoxy) is 1. The average molecular weight is 388 g/mol. The second-order valence-electron chi connectivity index (χ2n) is 5.42. The maximum Gasteiger partial charge on any atom is 0.363 e. The Morgan fingerprint density at radius 1 is 1.08 bits per heavy atom. The van der Waals surface area contributed by atoms with Crippen molar-refractivity contribution in [2.75, 3.05) is 11.4 Å². The van der Waals surface area contributed by atoms with Gasteiger partial charge in [-0.25, -0.2) is 18.2 Å². The zero-order valence-electron chi connectivity index (χ0n) is 14.1. The number of rotatable bonds is 5. The molecule has 0 aliphatic heterocycles. The lowest BCUT2D eigenvalue weighted by molar-refractivity contribution is 0.0729. The summed E-state index contributed by atoms with van der Waals surface area (Å²) >= 11 is 1.36. The maximum atomic E-state index is 12.6. The van der Waals surface area contributed by atoms with Gasteiger partial charge in [-0.2, -0.15) is 0 Å². The van der Waals surface area contributed by atoms with Gasteiger partial charge >= 0.3 is 5.97 Å². The van der Waals surface area contributed by atoms with Crippen molar-refractivity contribution in [2.45, 2.75) is 11.8 Å². The van der Waals surface area contributed by atoms with Crippen molar-refractivity contribution in [3.05, 3.63) is 70.7 Å². The molecule has 8 heteroatoms. The number of hydrogen-bond acceptors (Lipinski definition) is 6. The third-order valence-electron chi connectivity index (χ3n) is 3.64. The molecule has 0 atom stereocenters. The van der Waals surface area contributed by atoms with Gasteiger partial charge in [-0.1, -0.05) is 18.2 Å². The standard InChI is InChI=1S/C18H16N2O4S2/c1-13-19-17(12-25-13)18(21)24-15-10-8-14(9-11-15)20(2)26(22,23)16-6-4-3-5-7-16/h3-12H,1-2H3. The summed E-state index contributed by atoms with van der Waals surface area (Å²) in [5.41, 5.74) is 0.707. The maximum absolute atomic E-state index is 12.6. The monoisotopic (exact) mass is 388 g/mol. The molecule has 6 nitrogen and oxygen atoms in total. The number of benzene rings is 2. The van der Waals surface area contributed by atoms with E-state index in [1.54, 1.807) is 54.8 Å². The SMILES string of the molecule is Cc1nc(C(=O)Oc2ccc(N(C)S(=O)(=O)c3ccccc3)cc2)cs1. The second-order valence-corrected chi connectivity index (χ2v) is 8.45. The highest BCUT2D eigenvalue weighted by atomic mass is 32.2. The number of carbonyl (C=O) groups excluding carboxylic acids is 1. The third-order valence-corrected chi connectivity index (χ3v) is 6.21. The van der Waals surface area contributed by atoms with Gasteiger partial charge in [-0.05, 0) is 43.3 Å². The molecule has 1 aromatic heterocycles. The molecule has 0 saturated heterocycles. The molecule has 1 heterocycles. The first-order valence-corrected chi connectivity index (χ1v) is 9.98. The minimum absolute atomic E-state index is 0.205. The molecule has 0 bridgehead atoms. The highest BCUT2D eigenvalue weighted by molar-refractivity contribution is 7.92. The van der Waals surface area contributed by atoms with Crippen LogP contribution in [0, 0.1) is 6.92 Å². The van der Waals surface area contributed by atoms with Crippen LogP contribution in [0.2, 0.25) is 0 Å². The fourth-order valence-corrected chi connectivity index (χ4v) is 4.03. The fraction of sp³-hybridized carbons (Fsp3) is 0.111. The van der Waals surface area contributed by atoms with E-state index in [-0.39, 0.29) is 10.6 Å². The Hall–Kier alpha value is -2.71. The van der Waals surface area contributed by atoms with Crippen LogP contribution < -0.4 is 9.04 Å². The zero-order chi connectivity index (χ0) is 18.7. The Kier molecular flexibility index (Phi) is 5.06. The lowest BCUT2D eigenvalue weighted by Crippen LogP contribution is -2.26. The molecule has 0 N–H and O–H groups in total. The summed E-state index contributed by atoms with van der Waals surface area (Å²) in [4.78, 5) is 16.3. The van der Waals surface area contributed by atoms with E-state index in [4.69, 9.17) is 4.74 Å². The van der Waals surface area contributed by atoms with E-state index >= 15 is 0 Å². The summed E-state index contributed by atoms with van der Waals surface area (Å²) < 4.78 is 31.7. The normalized spacial score (nSPS) is 11.2. The van der Waals surface area contributed by atoms with Crippen molar-refractivity contribution >= 4 is 33.0 Å². The van der Waals surface area contributed by atoms with Gasteiger partial charge in [0, 0.05) is 12.4 Å². The van der Waals surface area contributed by atoms with Gasteiger partial charge < -0.3 is 4.74 Å². The zero-order valence-corrected chi connectivity index (χ0v) is 15.8. The highest BCUT2D eigenvalue weighted by Crippen LogP contribution is 2.24. The first kappa shape index (κ1) is 18.1. The van der Waals surface area contributed by atoms with E-state index in [1.165, 1.54) is 34.8 Å². The Bertz CT molecular complexity index is 1010. The summed E-state index contributed by atoms with van der Waals surface area (Å²) in [5, 5.41) is 2.41. The molecule has 134 valence electrons. The van der Waals surface area contributed by atoms with Gasteiger partial charge in [0.1, 0.15) is 5.75 Å². The molecule has 0 amide bonds. The van der Waals surface area contributed by atoms with Crippen molar-refractivity contribution < 1.29 is 17.9 Å². The van der Waals surface area contributed by atoms with Crippen LogP contribution >= 0.6 is 11.3 Å². The molecular weight excluding hydrogens is 372 g/mol. The van der Waals surface area contributed by atoms with Crippen LogP contribution in [0.5, 0.6) is 5.75 Å². The number of nitrogens with zero attached hydrogens (tertiary/aromatic N) is 2. The Labute approximate surface area is 155 Å². The molecular formula is C18H16N2O4S2. The third kappa shape index (κ3) is 3.76. The second kappa shape index (κ2) is 7.27. The number of hydrogen-bond donors (Lipinski definition) is 0. The van der Waals surface area contributed by atoms with E-state index in [1.807, 2.05) is 0 Å². The van der Waals surface area contributed by atoms with Crippen molar-refractivity contribution in [3.63, 3.8) is 0 Å². The van der Waals surface area contributed by atoms with E-state index in [0.29, 0.717) is 11.4 Å². The van der Waals surface area contributed by atoms with Crippen LogP contribution in [-0.2, 0) is 10.0 Å². The first-order valence-electron chi connectivity index (χ1n) is 7.66. The molecule has 3 rings (SSSR count). The van der Waals surface area contributed by atoms with Gasteiger partial charge in [0.05, 0.1) is 15.6 Å². The van der Waals surface area contributed by atoms with Crippen LogP contribution in [0.1, 0.15) is 15.5 Å².